The molecule has 3 aromatic carbocycles. The van der Waals surface area contributed by atoms with Crippen molar-refractivity contribution in [1.82, 2.24) is 18.8 Å². The number of hydrogen-bond acceptors (Lipinski definition) is 5. The Labute approximate surface area is 209 Å². The fourth-order valence-corrected chi connectivity index (χ4v) is 6.19. The molecule has 1 saturated heterocycles. The highest BCUT2D eigenvalue weighted by molar-refractivity contribution is 7.90. The number of nitrogens with one attached hydrogen (secondary N) is 1. The Morgan fingerprint density at radius 2 is 1.42 bits per heavy atom. The normalized spacial score (nSPS) is 15.2. The molecule has 0 saturated carbocycles. The average molecular weight is 505 g/mol. The number of aromatic nitrogens is 2. The molecule has 5 rings (SSSR count). The predicted molar refractivity (Wildman–Crippen MR) is 138 cm³/mol. The molecule has 36 heavy (non-hydrogen) atoms. The van der Waals surface area contributed by atoms with Crippen molar-refractivity contribution in [1.29, 1.82) is 0 Å². The van der Waals surface area contributed by atoms with Gasteiger partial charge in [-0.25, -0.2) is 13.2 Å². The second-order valence-electron chi connectivity index (χ2n) is 9.04. The van der Waals surface area contributed by atoms with E-state index in [2.05, 4.69) is 22.3 Å². The van der Waals surface area contributed by atoms with Crippen LogP contribution in [-0.2, 0) is 27.9 Å². The maximum atomic E-state index is 13.3. The van der Waals surface area contributed by atoms with Crippen molar-refractivity contribution in [2.24, 2.45) is 0 Å². The van der Waals surface area contributed by atoms with Gasteiger partial charge in [-0.3, -0.25) is 14.3 Å². The van der Waals surface area contributed by atoms with E-state index in [1.807, 2.05) is 18.2 Å². The summed E-state index contributed by atoms with van der Waals surface area (Å²) in [4.78, 5) is 28.6. The summed E-state index contributed by atoms with van der Waals surface area (Å²) in [6.07, 6.45) is 1.63. The smallest absolute Gasteiger partial charge is 0.343 e. The molecule has 1 fully saturated rings. The molecule has 0 radical (unpaired) electrons. The Bertz CT molecular complexity index is 1520. The van der Waals surface area contributed by atoms with Crippen LogP contribution in [0.3, 0.4) is 0 Å². The van der Waals surface area contributed by atoms with Crippen LogP contribution in [0.2, 0.25) is 0 Å². The molecule has 9 heteroatoms. The first-order valence-electron chi connectivity index (χ1n) is 12.0. The zero-order valence-electron chi connectivity index (χ0n) is 19.8. The average Bonchev–Trinajstić information content (AvgIpc) is 3.18. The van der Waals surface area contributed by atoms with Crippen molar-refractivity contribution in [2.45, 2.75) is 36.9 Å². The molecule has 4 aromatic rings. The van der Waals surface area contributed by atoms with Gasteiger partial charge >= 0.3 is 5.69 Å². The van der Waals surface area contributed by atoms with Crippen molar-refractivity contribution in [3.05, 3.63) is 101 Å². The molecule has 1 amide bonds. The van der Waals surface area contributed by atoms with Crippen LogP contribution < -0.4 is 11.0 Å². The number of likely N-dealkylation sites (tertiary alicyclic amines) is 1. The van der Waals surface area contributed by atoms with Gasteiger partial charge in [-0.2, -0.15) is 3.97 Å². The lowest BCUT2D eigenvalue weighted by molar-refractivity contribution is -0.122. The number of imidazole rings is 1. The molecule has 2 heterocycles. The number of amides is 1. The Balaban J connectivity index is 1.31. The van der Waals surface area contributed by atoms with Crippen LogP contribution in [-0.4, -0.2) is 46.9 Å². The first-order chi connectivity index (χ1) is 17.4. The monoisotopic (exact) mass is 504 g/mol. The van der Waals surface area contributed by atoms with Crippen LogP contribution in [0.4, 0.5) is 0 Å². The molecule has 186 valence electrons. The summed E-state index contributed by atoms with van der Waals surface area (Å²) in [5.41, 5.74) is 1.15. The van der Waals surface area contributed by atoms with Crippen LogP contribution in [0.5, 0.6) is 0 Å². The van der Waals surface area contributed by atoms with Crippen LogP contribution in [0.15, 0.2) is 94.6 Å². The standard InChI is InChI=1S/C27H28N4O4S/c32-26(28-22-15-17-29(18-16-22)19-21-9-3-1-4-10-21)20-30-24-13-7-8-14-25(24)31(27(30)33)36(34,35)23-11-5-2-6-12-23/h1-14,22H,15-20H2,(H,28,32). The second kappa shape index (κ2) is 10.1. The molecule has 1 aliphatic heterocycles. The Morgan fingerprint density at radius 1 is 0.833 bits per heavy atom. The van der Waals surface area contributed by atoms with E-state index in [9.17, 15) is 18.0 Å². The van der Waals surface area contributed by atoms with Crippen molar-refractivity contribution in [3.8, 4) is 0 Å². The molecule has 8 nitrogen and oxygen atoms in total. The lowest BCUT2D eigenvalue weighted by Gasteiger charge is -2.32. The number of nitrogens with zero attached hydrogens (tertiary/aromatic N) is 3. The van der Waals surface area contributed by atoms with E-state index in [0.29, 0.717) is 5.52 Å². The summed E-state index contributed by atoms with van der Waals surface area (Å²) >= 11 is 0. The minimum Gasteiger partial charge on any atom is -0.352 e. The SMILES string of the molecule is O=C(Cn1c(=O)n(S(=O)(=O)c2ccccc2)c2ccccc21)NC1CCN(Cc2ccccc2)CC1. The number of carbonyl (C=O) groups excluding carboxylic acids is 1. The Kier molecular flexibility index (Phi) is 6.75. The zero-order valence-corrected chi connectivity index (χ0v) is 20.6. The highest BCUT2D eigenvalue weighted by Crippen LogP contribution is 2.20. The minimum atomic E-state index is -4.12. The minimum absolute atomic E-state index is 0.0154. The molecule has 0 atom stereocenters. The Morgan fingerprint density at radius 3 is 2.08 bits per heavy atom. The van der Waals surface area contributed by atoms with Gasteiger partial charge in [0.25, 0.3) is 10.0 Å². The molecule has 1 N–H and O–H groups in total. The van der Waals surface area contributed by atoms with Crippen LogP contribution in [0.25, 0.3) is 11.0 Å². The number of para-hydroxylation sites is 2. The van der Waals surface area contributed by atoms with Gasteiger partial charge in [0.2, 0.25) is 5.91 Å². The van der Waals surface area contributed by atoms with Gasteiger partial charge in [-0.05, 0) is 42.7 Å². The van der Waals surface area contributed by atoms with Gasteiger partial charge in [0.1, 0.15) is 6.54 Å². The van der Waals surface area contributed by atoms with E-state index in [4.69, 9.17) is 0 Å². The molecule has 0 spiro atoms. The van der Waals surface area contributed by atoms with E-state index in [1.165, 1.54) is 22.3 Å². The summed E-state index contributed by atoms with van der Waals surface area (Å²) in [6, 6.07) is 24.8. The molecule has 0 aliphatic carbocycles. The first-order valence-corrected chi connectivity index (χ1v) is 13.4. The van der Waals surface area contributed by atoms with Crippen LogP contribution in [0, 0.1) is 0 Å². The highest BCUT2D eigenvalue weighted by Gasteiger charge is 2.27. The number of hydrogen-bond donors (Lipinski definition) is 1. The lowest BCUT2D eigenvalue weighted by atomic mass is 10.0. The van der Waals surface area contributed by atoms with Gasteiger partial charge in [-0.1, -0.05) is 60.7 Å². The molecular weight excluding hydrogens is 476 g/mol. The molecule has 1 aromatic heterocycles. The van der Waals surface area contributed by atoms with E-state index in [0.717, 1.165) is 36.4 Å². The zero-order chi connectivity index (χ0) is 25.1. The van der Waals surface area contributed by atoms with Gasteiger partial charge < -0.3 is 5.32 Å². The highest BCUT2D eigenvalue weighted by atomic mass is 32.2. The van der Waals surface area contributed by atoms with Crippen LogP contribution >= 0.6 is 0 Å². The topological polar surface area (TPSA) is 93.4 Å². The molecule has 1 aliphatic rings. The first kappa shape index (κ1) is 24.0. The largest absolute Gasteiger partial charge is 0.352 e. The number of fused-ring (bicyclic) bond motifs is 1. The summed E-state index contributed by atoms with van der Waals surface area (Å²) in [5, 5.41) is 3.04. The van der Waals surface area contributed by atoms with E-state index >= 15 is 0 Å². The number of rotatable bonds is 7. The number of piperidine rings is 1. The maximum Gasteiger partial charge on any atom is 0.343 e. The van der Waals surface area contributed by atoms with E-state index in [1.54, 1.807) is 42.5 Å². The maximum absolute atomic E-state index is 13.3. The van der Waals surface area contributed by atoms with Crippen molar-refractivity contribution in [2.75, 3.05) is 13.1 Å². The van der Waals surface area contributed by atoms with Crippen molar-refractivity contribution < 1.29 is 13.2 Å². The fraction of sp³-hybridized carbons (Fsp3) is 0.259. The summed E-state index contributed by atoms with van der Waals surface area (Å²) in [6.45, 7) is 2.37. The van der Waals surface area contributed by atoms with Gasteiger partial charge in [0.15, 0.2) is 0 Å². The summed E-state index contributed by atoms with van der Waals surface area (Å²) in [5.74, 6) is -0.307. The second-order valence-corrected chi connectivity index (χ2v) is 10.8. The Hall–Kier alpha value is -3.69. The third-order valence-electron chi connectivity index (χ3n) is 6.58. The fourth-order valence-electron chi connectivity index (χ4n) is 4.76. The van der Waals surface area contributed by atoms with Gasteiger partial charge in [-0.15, -0.1) is 0 Å². The molecule has 0 bridgehead atoms. The summed E-state index contributed by atoms with van der Waals surface area (Å²) < 4.78 is 28.6. The molecule has 0 unspecified atom stereocenters. The molecular formula is C27H28N4O4S. The third-order valence-corrected chi connectivity index (χ3v) is 8.28. The summed E-state index contributed by atoms with van der Waals surface area (Å²) in [7, 11) is -4.12. The number of carbonyl (C=O) groups is 1. The lowest BCUT2D eigenvalue weighted by Crippen LogP contribution is -2.45. The predicted octanol–water partition coefficient (Wildman–Crippen LogP) is 2.82. The van der Waals surface area contributed by atoms with Gasteiger partial charge in [0, 0.05) is 25.7 Å². The van der Waals surface area contributed by atoms with E-state index in [-0.39, 0.29) is 28.9 Å². The van der Waals surface area contributed by atoms with Gasteiger partial charge in [0.05, 0.1) is 15.9 Å². The van der Waals surface area contributed by atoms with Crippen molar-refractivity contribution in [3.63, 3.8) is 0 Å². The quantitative estimate of drug-likeness (QED) is 0.418. The van der Waals surface area contributed by atoms with Crippen molar-refractivity contribution >= 4 is 27.0 Å². The third kappa shape index (κ3) is 4.84. The van der Waals surface area contributed by atoms with E-state index < -0.39 is 15.7 Å². The number of benzene rings is 3. The van der Waals surface area contributed by atoms with Crippen LogP contribution in [0.1, 0.15) is 18.4 Å².